The summed E-state index contributed by atoms with van der Waals surface area (Å²) in [6.45, 7) is 1.43. The maximum Gasteiger partial charge on any atom is 0.238 e. The number of carbonyl (C=O) groups excluding carboxylic acids is 1. The summed E-state index contributed by atoms with van der Waals surface area (Å²) in [6, 6.07) is 10.5. The Hall–Kier alpha value is -3.52. The minimum Gasteiger partial charge on any atom is -0.493 e. The van der Waals surface area contributed by atoms with Gasteiger partial charge in [-0.2, -0.15) is 4.98 Å². The number of amides is 1. The molecular weight excluding hydrogens is 420 g/mol. The second kappa shape index (κ2) is 9.53. The normalized spacial score (nSPS) is 10.5. The Kier molecular flexibility index (Phi) is 6.81. The molecule has 2 N–H and O–H groups in total. The zero-order valence-electron chi connectivity index (χ0n) is 17.7. The molecule has 3 rings (SSSR count). The van der Waals surface area contributed by atoms with Crippen LogP contribution in [0, 0.1) is 0 Å². The number of hydrogen-bond acceptors (Lipinski definition) is 7. The van der Waals surface area contributed by atoms with Gasteiger partial charge in [0.15, 0.2) is 11.5 Å². The Bertz CT molecular complexity index is 1060. The van der Waals surface area contributed by atoms with E-state index in [0.29, 0.717) is 39.9 Å². The molecular formula is C22H23ClN4O4. The van der Waals surface area contributed by atoms with Crippen LogP contribution >= 0.6 is 11.6 Å². The summed E-state index contributed by atoms with van der Waals surface area (Å²) in [5.41, 5.74) is 8.37. The van der Waals surface area contributed by atoms with E-state index in [0.717, 1.165) is 5.56 Å². The first-order valence-corrected chi connectivity index (χ1v) is 9.72. The fourth-order valence-corrected chi connectivity index (χ4v) is 3.27. The number of nitrogens with two attached hydrogens (primary N) is 1. The van der Waals surface area contributed by atoms with E-state index in [9.17, 15) is 4.79 Å². The van der Waals surface area contributed by atoms with E-state index < -0.39 is 0 Å². The van der Waals surface area contributed by atoms with Gasteiger partial charge in [-0.15, -0.1) is 0 Å². The Labute approximate surface area is 185 Å². The summed E-state index contributed by atoms with van der Waals surface area (Å²) >= 11 is 5.95. The Morgan fingerprint density at radius 2 is 1.68 bits per heavy atom. The molecule has 1 aromatic heterocycles. The molecule has 162 valence electrons. The molecule has 0 atom stereocenters. The molecule has 0 saturated heterocycles. The highest BCUT2D eigenvalue weighted by Gasteiger charge is 2.19. The molecule has 31 heavy (non-hydrogen) atoms. The van der Waals surface area contributed by atoms with E-state index >= 15 is 0 Å². The van der Waals surface area contributed by atoms with E-state index in [1.807, 2.05) is 12.1 Å². The average molecular weight is 443 g/mol. The second-order valence-corrected chi connectivity index (χ2v) is 7.06. The fourth-order valence-electron chi connectivity index (χ4n) is 3.14. The van der Waals surface area contributed by atoms with Gasteiger partial charge in [0.05, 0.1) is 27.0 Å². The predicted octanol–water partition coefficient (Wildman–Crippen LogP) is 4.01. The van der Waals surface area contributed by atoms with Crippen molar-refractivity contribution in [1.29, 1.82) is 0 Å². The largest absolute Gasteiger partial charge is 0.493 e. The van der Waals surface area contributed by atoms with Crippen molar-refractivity contribution in [1.82, 2.24) is 9.97 Å². The number of aromatic nitrogens is 2. The molecule has 0 fully saturated rings. The molecule has 8 nitrogen and oxygen atoms in total. The minimum atomic E-state index is -0.251. The number of rotatable bonds is 7. The Morgan fingerprint density at radius 3 is 2.16 bits per heavy atom. The zero-order chi connectivity index (χ0) is 22.5. The number of anilines is 3. The van der Waals surface area contributed by atoms with Gasteiger partial charge in [-0.3, -0.25) is 4.79 Å². The molecule has 0 radical (unpaired) electrons. The molecule has 0 aliphatic rings. The smallest absolute Gasteiger partial charge is 0.238 e. The molecule has 3 aromatic rings. The van der Waals surface area contributed by atoms with Gasteiger partial charge in [0.1, 0.15) is 5.82 Å². The molecule has 2 aromatic carbocycles. The van der Waals surface area contributed by atoms with E-state index in [2.05, 4.69) is 9.97 Å². The maximum absolute atomic E-state index is 12.3. The van der Waals surface area contributed by atoms with Crippen LogP contribution in [0.4, 0.5) is 17.5 Å². The van der Waals surface area contributed by atoms with Crippen LogP contribution in [0.2, 0.25) is 5.02 Å². The van der Waals surface area contributed by atoms with Crippen molar-refractivity contribution in [3.8, 4) is 17.2 Å². The molecule has 0 unspecified atom stereocenters. The third-order valence-electron chi connectivity index (χ3n) is 4.60. The highest BCUT2D eigenvalue weighted by Crippen LogP contribution is 2.39. The van der Waals surface area contributed by atoms with Crippen LogP contribution in [-0.4, -0.2) is 37.2 Å². The van der Waals surface area contributed by atoms with Crippen LogP contribution in [0.25, 0.3) is 0 Å². The van der Waals surface area contributed by atoms with Gasteiger partial charge >= 0.3 is 0 Å². The summed E-state index contributed by atoms with van der Waals surface area (Å²) in [5.74, 6) is 1.78. The fraction of sp³-hybridized carbons (Fsp3) is 0.227. The average Bonchev–Trinajstić information content (AvgIpc) is 2.76. The van der Waals surface area contributed by atoms with Gasteiger partial charge in [0.25, 0.3) is 0 Å². The molecule has 1 heterocycles. The van der Waals surface area contributed by atoms with Crippen LogP contribution in [0.1, 0.15) is 18.1 Å². The van der Waals surface area contributed by atoms with Gasteiger partial charge in [0.2, 0.25) is 17.6 Å². The molecule has 9 heteroatoms. The molecule has 0 saturated carbocycles. The number of nitrogen functional groups attached to an aromatic ring is 1. The number of ether oxygens (including phenoxy) is 3. The first-order chi connectivity index (χ1) is 14.9. The molecule has 0 spiro atoms. The van der Waals surface area contributed by atoms with Gasteiger partial charge in [-0.25, -0.2) is 9.88 Å². The Balaban J connectivity index is 1.93. The minimum absolute atomic E-state index is 0.181. The number of nitrogens with zero attached hydrogens (tertiary/aromatic N) is 3. The summed E-state index contributed by atoms with van der Waals surface area (Å²) < 4.78 is 16.2. The van der Waals surface area contributed by atoms with Gasteiger partial charge < -0.3 is 19.9 Å². The van der Waals surface area contributed by atoms with Crippen molar-refractivity contribution >= 4 is 35.0 Å². The summed E-state index contributed by atoms with van der Waals surface area (Å²) in [6.07, 6.45) is 2.04. The van der Waals surface area contributed by atoms with Crippen LogP contribution < -0.4 is 24.8 Å². The molecule has 0 bridgehead atoms. The van der Waals surface area contributed by atoms with Crippen LogP contribution in [0.5, 0.6) is 17.2 Å². The van der Waals surface area contributed by atoms with Crippen molar-refractivity contribution < 1.29 is 19.0 Å². The third kappa shape index (κ3) is 4.80. The SMILES string of the molecule is COc1cc(Cc2cnc(N(C(C)=O)c3ccc(Cl)cc3)nc2N)cc(OC)c1OC. The number of carbonyl (C=O) groups is 1. The lowest BCUT2D eigenvalue weighted by Gasteiger charge is -2.20. The summed E-state index contributed by atoms with van der Waals surface area (Å²) in [4.78, 5) is 22.4. The third-order valence-corrected chi connectivity index (χ3v) is 4.86. The topological polar surface area (TPSA) is 99.8 Å². The lowest BCUT2D eigenvalue weighted by Crippen LogP contribution is -2.25. The van der Waals surface area contributed by atoms with E-state index in [1.54, 1.807) is 51.8 Å². The number of benzene rings is 2. The lowest BCUT2D eigenvalue weighted by molar-refractivity contribution is -0.115. The monoisotopic (exact) mass is 442 g/mol. The highest BCUT2D eigenvalue weighted by molar-refractivity contribution is 6.30. The number of halogens is 1. The first kappa shape index (κ1) is 22.2. The second-order valence-electron chi connectivity index (χ2n) is 6.62. The molecule has 0 aliphatic heterocycles. The Morgan fingerprint density at radius 1 is 1.06 bits per heavy atom. The van der Waals surface area contributed by atoms with E-state index in [1.165, 1.54) is 11.8 Å². The molecule has 0 aliphatic carbocycles. The highest BCUT2D eigenvalue weighted by atomic mass is 35.5. The van der Waals surface area contributed by atoms with Crippen molar-refractivity contribution in [2.45, 2.75) is 13.3 Å². The van der Waals surface area contributed by atoms with Gasteiger partial charge in [-0.05, 0) is 42.0 Å². The van der Waals surface area contributed by atoms with Crippen molar-refractivity contribution in [3.05, 3.63) is 58.7 Å². The standard InChI is InChI=1S/C22H23ClN4O4/c1-13(28)27(17-7-5-16(23)6-8-17)22-25-12-15(21(24)26-22)9-14-10-18(29-2)20(31-4)19(11-14)30-3/h5-8,10-12H,9H2,1-4H3,(H2,24,25,26). The van der Waals surface area contributed by atoms with E-state index in [4.69, 9.17) is 31.5 Å². The predicted molar refractivity (Wildman–Crippen MR) is 120 cm³/mol. The van der Waals surface area contributed by atoms with Gasteiger partial charge in [-0.1, -0.05) is 11.6 Å². The molecule has 1 amide bonds. The zero-order valence-corrected chi connectivity index (χ0v) is 18.4. The quantitative estimate of drug-likeness (QED) is 0.589. The van der Waals surface area contributed by atoms with Crippen LogP contribution in [-0.2, 0) is 11.2 Å². The summed E-state index contributed by atoms with van der Waals surface area (Å²) in [7, 11) is 4.66. The summed E-state index contributed by atoms with van der Waals surface area (Å²) in [5, 5.41) is 0.563. The van der Waals surface area contributed by atoms with Crippen LogP contribution in [0.15, 0.2) is 42.6 Å². The van der Waals surface area contributed by atoms with Crippen LogP contribution in [0.3, 0.4) is 0 Å². The maximum atomic E-state index is 12.3. The number of methoxy groups -OCH3 is 3. The van der Waals surface area contributed by atoms with Crippen molar-refractivity contribution in [2.75, 3.05) is 32.0 Å². The lowest BCUT2D eigenvalue weighted by atomic mass is 10.1. The van der Waals surface area contributed by atoms with Crippen molar-refractivity contribution in [3.63, 3.8) is 0 Å². The first-order valence-electron chi connectivity index (χ1n) is 9.34. The van der Waals surface area contributed by atoms with Gasteiger partial charge in [0, 0.05) is 30.1 Å². The van der Waals surface area contributed by atoms with E-state index in [-0.39, 0.29) is 17.7 Å². The van der Waals surface area contributed by atoms with Crippen molar-refractivity contribution in [2.24, 2.45) is 0 Å². The number of hydrogen-bond donors (Lipinski definition) is 1.